The van der Waals surface area contributed by atoms with E-state index in [4.69, 9.17) is 11.6 Å². The van der Waals surface area contributed by atoms with Crippen molar-refractivity contribution >= 4 is 40.4 Å². The second-order valence-electron chi connectivity index (χ2n) is 7.54. The van der Waals surface area contributed by atoms with Crippen LogP contribution in [-0.2, 0) is 15.8 Å². The summed E-state index contributed by atoms with van der Waals surface area (Å²) in [6.07, 6.45) is -4.75. The molecule has 7 nitrogen and oxygen atoms in total. The van der Waals surface area contributed by atoms with Crippen LogP contribution in [0.5, 0.6) is 0 Å². The molecule has 11 heteroatoms. The highest BCUT2D eigenvalue weighted by Crippen LogP contribution is 2.45. The van der Waals surface area contributed by atoms with Crippen LogP contribution in [0.3, 0.4) is 0 Å². The Balaban J connectivity index is 2.01. The highest BCUT2D eigenvalue weighted by atomic mass is 35.5. The van der Waals surface area contributed by atoms with Gasteiger partial charge in [0.15, 0.2) is 0 Å². The number of anilines is 1. The molecule has 1 atom stereocenters. The van der Waals surface area contributed by atoms with Crippen LogP contribution in [0.2, 0.25) is 5.02 Å². The zero-order valence-corrected chi connectivity index (χ0v) is 18.2. The van der Waals surface area contributed by atoms with Crippen molar-refractivity contribution < 1.29 is 32.8 Å². The van der Waals surface area contributed by atoms with E-state index in [1.807, 2.05) is 0 Å². The molecule has 1 fully saturated rings. The van der Waals surface area contributed by atoms with Gasteiger partial charge in [0.25, 0.3) is 17.4 Å². The first-order chi connectivity index (χ1) is 16.5. The van der Waals surface area contributed by atoms with Crippen LogP contribution in [0, 0.1) is 10.1 Å². The van der Waals surface area contributed by atoms with Crippen LogP contribution >= 0.6 is 11.6 Å². The minimum Gasteiger partial charge on any atom is -0.507 e. The fraction of sp³-hybridized carbons (Fsp3) is 0.0833. The number of hydrogen-bond acceptors (Lipinski definition) is 5. The first-order valence-corrected chi connectivity index (χ1v) is 10.4. The summed E-state index contributed by atoms with van der Waals surface area (Å²) in [5, 5.41) is 23.0. The smallest absolute Gasteiger partial charge is 0.416 e. The molecule has 1 N–H and O–H groups in total. The molecule has 1 aliphatic heterocycles. The standard InChI is InChI=1S/C24H14ClF3N2O5/c25-15-10-8-13(9-11-15)21(31)19-20(17-6-1-2-7-18(17)30(34)35)29(23(33)22(19)32)16-5-3-4-14(12-16)24(26,27)28/h1-12,20,31H. The van der Waals surface area contributed by atoms with Crippen LogP contribution < -0.4 is 4.90 Å². The SMILES string of the molecule is O=C1C(=O)N(c2cccc(C(F)(F)F)c2)C(c2ccccc2[N+](=O)[O-])C1=C(O)c1ccc(Cl)cc1. The highest BCUT2D eigenvalue weighted by molar-refractivity contribution is 6.51. The van der Waals surface area contributed by atoms with E-state index in [-0.39, 0.29) is 16.8 Å². The summed E-state index contributed by atoms with van der Waals surface area (Å²) in [6.45, 7) is 0. The highest BCUT2D eigenvalue weighted by Gasteiger charge is 2.49. The molecular formula is C24H14ClF3N2O5. The molecule has 1 amide bonds. The Morgan fingerprint density at radius 3 is 2.29 bits per heavy atom. The van der Waals surface area contributed by atoms with Crippen molar-refractivity contribution in [3.8, 4) is 0 Å². The molecule has 1 saturated heterocycles. The number of carbonyl (C=O) groups excluding carboxylic acids is 2. The average molecular weight is 503 g/mol. The van der Waals surface area contributed by atoms with Gasteiger partial charge < -0.3 is 5.11 Å². The van der Waals surface area contributed by atoms with Gasteiger partial charge in [-0.2, -0.15) is 13.2 Å². The summed E-state index contributed by atoms with van der Waals surface area (Å²) in [4.78, 5) is 37.9. The van der Waals surface area contributed by atoms with Crippen molar-refractivity contribution in [1.29, 1.82) is 0 Å². The van der Waals surface area contributed by atoms with Crippen LogP contribution in [0.4, 0.5) is 24.5 Å². The molecule has 0 spiro atoms. The van der Waals surface area contributed by atoms with Crippen molar-refractivity contribution in [3.63, 3.8) is 0 Å². The van der Waals surface area contributed by atoms with Crippen LogP contribution in [-0.4, -0.2) is 21.7 Å². The minimum atomic E-state index is -4.75. The fourth-order valence-corrected chi connectivity index (χ4v) is 4.00. The number of nitrogens with zero attached hydrogens (tertiary/aromatic N) is 2. The average Bonchev–Trinajstić information content (AvgIpc) is 3.09. The Bertz CT molecular complexity index is 1390. The molecule has 178 valence electrons. The molecule has 0 aromatic heterocycles. The Hall–Kier alpha value is -4.18. The molecule has 1 aliphatic rings. The van der Waals surface area contributed by atoms with Crippen molar-refractivity contribution in [2.75, 3.05) is 4.90 Å². The van der Waals surface area contributed by atoms with Gasteiger partial charge in [0.05, 0.1) is 21.6 Å². The van der Waals surface area contributed by atoms with E-state index in [9.17, 15) is 38.0 Å². The summed E-state index contributed by atoms with van der Waals surface area (Å²) in [7, 11) is 0. The van der Waals surface area contributed by atoms with Gasteiger partial charge in [0.1, 0.15) is 11.8 Å². The lowest BCUT2D eigenvalue weighted by Gasteiger charge is -2.25. The zero-order chi connectivity index (χ0) is 25.5. The zero-order valence-electron chi connectivity index (χ0n) is 17.5. The van der Waals surface area contributed by atoms with Crippen molar-refractivity contribution in [2.24, 2.45) is 0 Å². The molecule has 0 aliphatic carbocycles. The van der Waals surface area contributed by atoms with Crippen LogP contribution in [0.25, 0.3) is 5.76 Å². The second-order valence-corrected chi connectivity index (χ2v) is 7.98. The summed E-state index contributed by atoms with van der Waals surface area (Å²) in [5.41, 5.74) is -2.48. The van der Waals surface area contributed by atoms with Gasteiger partial charge in [-0.15, -0.1) is 0 Å². The molecular weight excluding hydrogens is 489 g/mol. The number of Topliss-reactive ketones (excluding diaryl/α,β-unsaturated/α-hetero) is 1. The largest absolute Gasteiger partial charge is 0.507 e. The first-order valence-electron chi connectivity index (χ1n) is 9.98. The van der Waals surface area contributed by atoms with Crippen molar-refractivity contribution in [1.82, 2.24) is 0 Å². The number of amides is 1. The van der Waals surface area contributed by atoms with Gasteiger partial charge in [0.2, 0.25) is 0 Å². The number of carbonyl (C=O) groups is 2. The molecule has 4 rings (SSSR count). The number of hydrogen-bond donors (Lipinski definition) is 1. The van der Waals surface area contributed by atoms with Crippen LogP contribution in [0.15, 0.2) is 78.4 Å². The van der Waals surface area contributed by atoms with Crippen LogP contribution in [0.1, 0.15) is 22.7 Å². The minimum absolute atomic E-state index is 0.0834. The van der Waals surface area contributed by atoms with E-state index in [1.165, 1.54) is 48.5 Å². The van der Waals surface area contributed by atoms with E-state index >= 15 is 0 Å². The third-order valence-corrected chi connectivity index (χ3v) is 5.69. The van der Waals surface area contributed by atoms with Gasteiger partial charge in [-0.05, 0) is 48.5 Å². The number of rotatable bonds is 4. The Morgan fingerprint density at radius 2 is 1.66 bits per heavy atom. The molecule has 0 bridgehead atoms. The number of halogens is 4. The van der Waals surface area contributed by atoms with E-state index in [0.717, 1.165) is 23.1 Å². The quantitative estimate of drug-likeness (QED) is 0.157. The lowest BCUT2D eigenvalue weighted by molar-refractivity contribution is -0.385. The topological polar surface area (TPSA) is 101 Å². The molecule has 0 saturated carbocycles. The number of nitro groups is 1. The van der Waals surface area contributed by atoms with Gasteiger partial charge in [-0.25, -0.2) is 0 Å². The lowest BCUT2D eigenvalue weighted by atomic mass is 9.94. The monoisotopic (exact) mass is 502 g/mol. The fourth-order valence-electron chi connectivity index (χ4n) is 3.87. The van der Waals surface area contributed by atoms with E-state index < -0.39 is 51.4 Å². The maximum absolute atomic E-state index is 13.4. The van der Waals surface area contributed by atoms with E-state index in [2.05, 4.69) is 0 Å². The number of aliphatic hydroxyl groups is 1. The summed E-state index contributed by atoms with van der Waals surface area (Å²) < 4.78 is 40.1. The van der Waals surface area contributed by atoms with Gasteiger partial charge in [-0.1, -0.05) is 29.8 Å². The molecule has 1 heterocycles. The van der Waals surface area contributed by atoms with E-state index in [1.54, 1.807) is 0 Å². The Morgan fingerprint density at radius 1 is 1.00 bits per heavy atom. The molecule has 3 aromatic carbocycles. The summed E-state index contributed by atoms with van der Waals surface area (Å²) in [5.74, 6) is -3.11. The number of aliphatic hydroxyl groups excluding tert-OH is 1. The van der Waals surface area contributed by atoms with Gasteiger partial charge in [-0.3, -0.25) is 24.6 Å². The number of alkyl halides is 3. The van der Waals surface area contributed by atoms with E-state index in [0.29, 0.717) is 11.1 Å². The van der Waals surface area contributed by atoms with Crippen molar-refractivity contribution in [2.45, 2.75) is 12.2 Å². The number of benzene rings is 3. The summed E-state index contributed by atoms with van der Waals surface area (Å²) >= 11 is 5.87. The third-order valence-electron chi connectivity index (χ3n) is 5.44. The van der Waals surface area contributed by atoms with Crippen molar-refractivity contribution in [3.05, 3.63) is 110 Å². The number of nitro benzene ring substituents is 1. The Kier molecular flexibility index (Phi) is 6.08. The molecule has 1 unspecified atom stereocenters. The van der Waals surface area contributed by atoms with Gasteiger partial charge >= 0.3 is 6.18 Å². The number of ketones is 1. The lowest BCUT2D eigenvalue weighted by Crippen LogP contribution is -2.30. The predicted octanol–water partition coefficient (Wildman–Crippen LogP) is 5.89. The normalized spacial score (nSPS) is 17.6. The molecule has 35 heavy (non-hydrogen) atoms. The summed E-state index contributed by atoms with van der Waals surface area (Å²) in [6, 6.07) is 12.8. The van der Waals surface area contributed by atoms with Gasteiger partial charge in [0, 0.05) is 22.3 Å². The maximum Gasteiger partial charge on any atom is 0.416 e. The number of para-hydroxylation sites is 1. The third kappa shape index (κ3) is 4.35. The maximum atomic E-state index is 13.4. The second kappa shape index (κ2) is 8.88. The first kappa shape index (κ1) is 24.0. The Labute approximate surface area is 200 Å². The predicted molar refractivity (Wildman–Crippen MR) is 121 cm³/mol. The molecule has 0 radical (unpaired) electrons. The molecule has 3 aromatic rings.